The van der Waals surface area contributed by atoms with Crippen LogP contribution in [0.3, 0.4) is 0 Å². The quantitative estimate of drug-likeness (QED) is 0.632. The number of carboxylic acid groups (broad SMARTS) is 2. The lowest BCUT2D eigenvalue weighted by molar-refractivity contribution is -0.158. The molecule has 3 aliphatic rings. The standard InChI is InChI=1S/C12H17NO6/c14-8(15)4-12-6(5-13-10(12)11(16)17)9-7(19-12)2-1-3-18-9/h6-7,9-10,13H,1-5H2,(H,14,15)(H,16,17)/t6-,7-,9-,10-,12+/m0/s1. The van der Waals surface area contributed by atoms with Gasteiger partial charge in [0, 0.05) is 19.1 Å². The zero-order valence-electron chi connectivity index (χ0n) is 10.4. The third kappa shape index (κ3) is 1.84. The molecule has 3 rings (SSSR count). The highest BCUT2D eigenvalue weighted by atomic mass is 16.6. The van der Waals surface area contributed by atoms with Crippen LogP contribution < -0.4 is 5.32 Å². The average Bonchev–Trinajstić information content (AvgIpc) is 2.80. The van der Waals surface area contributed by atoms with E-state index >= 15 is 0 Å². The van der Waals surface area contributed by atoms with Crippen LogP contribution in [0.25, 0.3) is 0 Å². The SMILES string of the molecule is O=C(O)C[C@@]12O[C@H]3CCCO[C@H]3[C@@H]1CN[C@H]2C(=O)O. The molecule has 3 heterocycles. The second-order valence-corrected chi connectivity index (χ2v) is 5.45. The summed E-state index contributed by atoms with van der Waals surface area (Å²) in [4.78, 5) is 22.5. The third-order valence-corrected chi connectivity index (χ3v) is 4.41. The fourth-order valence-corrected chi connectivity index (χ4v) is 3.72. The highest BCUT2D eigenvalue weighted by Crippen LogP contribution is 2.48. The highest BCUT2D eigenvalue weighted by Gasteiger charge is 2.65. The van der Waals surface area contributed by atoms with Gasteiger partial charge in [-0.3, -0.25) is 9.59 Å². The summed E-state index contributed by atoms with van der Waals surface area (Å²) < 4.78 is 11.6. The van der Waals surface area contributed by atoms with Gasteiger partial charge in [0.05, 0.1) is 18.6 Å². The van der Waals surface area contributed by atoms with Crippen molar-refractivity contribution >= 4 is 11.9 Å². The molecule has 0 saturated carbocycles. The van der Waals surface area contributed by atoms with Gasteiger partial charge in [0.15, 0.2) is 0 Å². The molecule has 0 amide bonds. The maximum absolute atomic E-state index is 11.4. The van der Waals surface area contributed by atoms with E-state index in [4.69, 9.17) is 14.6 Å². The number of ether oxygens (including phenoxy) is 2. The van der Waals surface area contributed by atoms with Crippen LogP contribution in [0, 0.1) is 5.92 Å². The number of hydrogen-bond donors (Lipinski definition) is 3. The number of hydrogen-bond acceptors (Lipinski definition) is 5. The molecular formula is C12H17NO6. The van der Waals surface area contributed by atoms with Crippen molar-refractivity contribution in [3.05, 3.63) is 0 Å². The Labute approximate surface area is 109 Å². The van der Waals surface area contributed by atoms with E-state index in [0.717, 1.165) is 12.8 Å². The van der Waals surface area contributed by atoms with E-state index in [1.54, 1.807) is 0 Å². The second kappa shape index (κ2) is 4.43. The van der Waals surface area contributed by atoms with Crippen LogP contribution in [0.2, 0.25) is 0 Å². The molecule has 0 aromatic heterocycles. The maximum Gasteiger partial charge on any atom is 0.323 e. The Morgan fingerprint density at radius 1 is 1.37 bits per heavy atom. The van der Waals surface area contributed by atoms with Crippen molar-refractivity contribution in [1.29, 1.82) is 0 Å². The molecule has 7 nitrogen and oxygen atoms in total. The molecule has 3 N–H and O–H groups in total. The predicted molar refractivity (Wildman–Crippen MR) is 61.7 cm³/mol. The van der Waals surface area contributed by atoms with Crippen molar-refractivity contribution in [2.75, 3.05) is 13.2 Å². The first-order valence-electron chi connectivity index (χ1n) is 6.52. The fourth-order valence-electron chi connectivity index (χ4n) is 3.72. The van der Waals surface area contributed by atoms with Gasteiger partial charge in [0.25, 0.3) is 0 Å². The van der Waals surface area contributed by atoms with E-state index in [1.165, 1.54) is 0 Å². The van der Waals surface area contributed by atoms with E-state index in [-0.39, 0.29) is 24.5 Å². The molecule has 19 heavy (non-hydrogen) atoms. The van der Waals surface area contributed by atoms with Crippen molar-refractivity contribution < 1.29 is 29.3 Å². The van der Waals surface area contributed by atoms with Crippen LogP contribution in [0.1, 0.15) is 19.3 Å². The van der Waals surface area contributed by atoms with Gasteiger partial charge in [-0.05, 0) is 12.8 Å². The lowest BCUT2D eigenvalue weighted by Gasteiger charge is -2.30. The van der Waals surface area contributed by atoms with E-state index in [2.05, 4.69) is 5.32 Å². The first kappa shape index (κ1) is 12.8. The summed E-state index contributed by atoms with van der Waals surface area (Å²) in [6.45, 7) is 1.05. The number of aliphatic carboxylic acids is 2. The number of carboxylic acids is 2. The van der Waals surface area contributed by atoms with Crippen LogP contribution in [-0.2, 0) is 19.1 Å². The van der Waals surface area contributed by atoms with Crippen LogP contribution in [0.15, 0.2) is 0 Å². The van der Waals surface area contributed by atoms with Crippen LogP contribution >= 0.6 is 0 Å². The van der Waals surface area contributed by atoms with Gasteiger partial charge in [-0.25, -0.2) is 0 Å². The number of rotatable bonds is 3. The van der Waals surface area contributed by atoms with E-state index in [0.29, 0.717) is 13.2 Å². The summed E-state index contributed by atoms with van der Waals surface area (Å²) in [7, 11) is 0. The Hall–Kier alpha value is -1.18. The zero-order valence-corrected chi connectivity index (χ0v) is 10.4. The van der Waals surface area contributed by atoms with Crippen LogP contribution in [-0.4, -0.2) is 59.2 Å². The minimum absolute atomic E-state index is 0.179. The van der Waals surface area contributed by atoms with Gasteiger partial charge >= 0.3 is 11.9 Å². The molecule has 0 aliphatic carbocycles. The molecule has 0 aromatic rings. The first-order chi connectivity index (χ1) is 9.04. The Kier molecular flexibility index (Phi) is 2.99. The van der Waals surface area contributed by atoms with E-state index in [1.807, 2.05) is 0 Å². The Morgan fingerprint density at radius 3 is 2.84 bits per heavy atom. The van der Waals surface area contributed by atoms with Gasteiger partial charge in [-0.2, -0.15) is 0 Å². The molecule has 3 saturated heterocycles. The molecule has 3 aliphatic heterocycles. The van der Waals surface area contributed by atoms with Crippen molar-refractivity contribution in [3.63, 3.8) is 0 Å². The maximum atomic E-state index is 11.4. The van der Waals surface area contributed by atoms with Gasteiger partial charge in [0.2, 0.25) is 0 Å². The Balaban J connectivity index is 1.94. The van der Waals surface area contributed by atoms with Crippen molar-refractivity contribution in [3.8, 4) is 0 Å². The normalized spacial score (nSPS) is 44.6. The lowest BCUT2D eigenvalue weighted by atomic mass is 9.80. The Bertz CT molecular complexity index is 413. The number of carbonyl (C=O) groups is 2. The minimum atomic E-state index is -1.18. The fraction of sp³-hybridized carbons (Fsp3) is 0.833. The van der Waals surface area contributed by atoms with Crippen molar-refractivity contribution in [1.82, 2.24) is 5.32 Å². The topological polar surface area (TPSA) is 105 Å². The number of fused-ring (bicyclic) bond motifs is 3. The van der Waals surface area contributed by atoms with E-state index < -0.39 is 23.6 Å². The Morgan fingerprint density at radius 2 is 2.16 bits per heavy atom. The molecule has 7 heteroatoms. The smallest absolute Gasteiger partial charge is 0.323 e. The van der Waals surface area contributed by atoms with Crippen molar-refractivity contribution in [2.45, 2.75) is 43.1 Å². The van der Waals surface area contributed by atoms with Gasteiger partial charge in [-0.1, -0.05) is 0 Å². The van der Waals surface area contributed by atoms with E-state index in [9.17, 15) is 14.7 Å². The molecule has 0 unspecified atom stereocenters. The molecule has 0 radical (unpaired) electrons. The van der Waals surface area contributed by atoms with Gasteiger partial charge in [0.1, 0.15) is 11.6 Å². The summed E-state index contributed by atoms with van der Waals surface area (Å²) in [6.07, 6.45) is 0.988. The molecule has 3 fully saturated rings. The zero-order chi connectivity index (χ0) is 13.6. The van der Waals surface area contributed by atoms with Gasteiger partial charge in [-0.15, -0.1) is 0 Å². The summed E-state index contributed by atoms with van der Waals surface area (Å²) >= 11 is 0. The largest absolute Gasteiger partial charge is 0.481 e. The van der Waals surface area contributed by atoms with Crippen molar-refractivity contribution in [2.24, 2.45) is 5.92 Å². The minimum Gasteiger partial charge on any atom is -0.481 e. The molecule has 0 bridgehead atoms. The predicted octanol–water partition coefficient (Wildman–Crippen LogP) is -0.550. The summed E-state index contributed by atoms with van der Waals surface area (Å²) in [5.41, 5.74) is -1.18. The lowest BCUT2D eigenvalue weighted by Crippen LogP contribution is -2.52. The summed E-state index contributed by atoms with van der Waals surface area (Å²) in [5.74, 6) is -2.32. The average molecular weight is 271 g/mol. The van der Waals surface area contributed by atoms with Crippen LogP contribution in [0.5, 0.6) is 0 Å². The highest BCUT2D eigenvalue weighted by molar-refractivity contribution is 5.79. The summed E-state index contributed by atoms with van der Waals surface area (Å²) in [6, 6.07) is -0.984. The monoisotopic (exact) mass is 271 g/mol. The van der Waals surface area contributed by atoms with Gasteiger partial charge < -0.3 is 25.0 Å². The third-order valence-electron chi connectivity index (χ3n) is 4.41. The molecule has 5 atom stereocenters. The number of nitrogens with one attached hydrogen (secondary N) is 1. The molecule has 106 valence electrons. The molecule has 0 aromatic carbocycles. The second-order valence-electron chi connectivity index (χ2n) is 5.45. The molecular weight excluding hydrogens is 254 g/mol. The van der Waals surface area contributed by atoms with Crippen LogP contribution in [0.4, 0.5) is 0 Å². The summed E-state index contributed by atoms with van der Waals surface area (Å²) in [5, 5.41) is 21.3. The molecule has 0 spiro atoms. The first-order valence-corrected chi connectivity index (χ1v) is 6.52.